The molecule has 0 fully saturated rings. The van der Waals surface area contributed by atoms with Crippen LogP contribution in [0.25, 0.3) is 0 Å². The maximum atomic E-state index is 5.54. The van der Waals surface area contributed by atoms with E-state index in [1.165, 1.54) is 0 Å². The molecule has 0 aliphatic heterocycles. The summed E-state index contributed by atoms with van der Waals surface area (Å²) in [7, 11) is 0. The van der Waals surface area contributed by atoms with E-state index in [9.17, 15) is 0 Å². The largest absolute Gasteiger partial charge is 0.312 e. The molecule has 0 saturated heterocycles. The maximum Gasteiger partial charge on any atom is 0.107 e. The Labute approximate surface area is 58.7 Å². The third-order valence-electron chi connectivity index (χ3n) is 1.00. The fourth-order valence-corrected chi connectivity index (χ4v) is 0.668. The van der Waals surface area contributed by atoms with Crippen LogP contribution >= 0.6 is 11.6 Å². The lowest BCUT2D eigenvalue weighted by Crippen LogP contribution is -2.01. The Hall–Kier alpha value is -0.600. The molecule has 0 radical (unpaired) electrons. The summed E-state index contributed by atoms with van der Waals surface area (Å²) in [4.78, 5) is 3.84. The SMILES string of the molecule is NC(Cl)c1cccnc1. The number of pyridine rings is 1. The second-order valence-corrected chi connectivity index (χ2v) is 2.16. The first kappa shape index (κ1) is 6.52. The zero-order valence-electron chi connectivity index (χ0n) is 4.79. The number of hydrogen-bond acceptors (Lipinski definition) is 2. The lowest BCUT2D eigenvalue weighted by molar-refractivity contribution is 1.00. The molecule has 0 aliphatic carbocycles. The van der Waals surface area contributed by atoms with Crippen molar-refractivity contribution < 1.29 is 0 Å². The van der Waals surface area contributed by atoms with E-state index in [0.29, 0.717) is 0 Å². The summed E-state index contributed by atoms with van der Waals surface area (Å²) in [6.45, 7) is 0. The van der Waals surface area contributed by atoms with Gasteiger partial charge in [-0.3, -0.25) is 4.98 Å². The molecule has 0 aromatic carbocycles. The molecule has 0 aliphatic rings. The van der Waals surface area contributed by atoms with Crippen molar-refractivity contribution >= 4 is 11.6 Å². The van der Waals surface area contributed by atoms with Gasteiger partial charge in [0, 0.05) is 18.0 Å². The van der Waals surface area contributed by atoms with Crippen LogP contribution in [0.2, 0.25) is 0 Å². The molecule has 2 nitrogen and oxygen atoms in total. The summed E-state index contributed by atoms with van der Waals surface area (Å²) < 4.78 is 0. The number of nitrogens with zero attached hydrogens (tertiary/aromatic N) is 1. The van der Waals surface area contributed by atoms with Gasteiger partial charge in [0.15, 0.2) is 0 Å². The normalized spacial score (nSPS) is 13.1. The van der Waals surface area contributed by atoms with Gasteiger partial charge in [0.2, 0.25) is 0 Å². The van der Waals surface area contributed by atoms with E-state index in [1.54, 1.807) is 18.5 Å². The summed E-state index contributed by atoms with van der Waals surface area (Å²) in [5, 5.41) is 0. The minimum absolute atomic E-state index is 0.432. The summed E-state index contributed by atoms with van der Waals surface area (Å²) in [6.07, 6.45) is 3.33. The van der Waals surface area contributed by atoms with E-state index >= 15 is 0 Å². The zero-order valence-corrected chi connectivity index (χ0v) is 5.55. The molecule has 2 N–H and O–H groups in total. The molecule has 3 heteroatoms. The second kappa shape index (κ2) is 2.80. The van der Waals surface area contributed by atoms with Crippen LogP contribution in [0, 0.1) is 0 Å². The van der Waals surface area contributed by atoms with E-state index < -0.39 is 5.50 Å². The predicted octanol–water partition coefficient (Wildman–Crippen LogP) is 1.28. The third kappa shape index (κ3) is 1.66. The standard InChI is InChI=1S/C6H7ClN2/c7-6(8)5-2-1-3-9-4-5/h1-4,6H,8H2. The van der Waals surface area contributed by atoms with Crippen LogP contribution in [0.5, 0.6) is 0 Å². The molecule has 1 heterocycles. The number of halogens is 1. The van der Waals surface area contributed by atoms with Gasteiger partial charge in [-0.25, -0.2) is 0 Å². The lowest BCUT2D eigenvalue weighted by Gasteiger charge is -1.98. The topological polar surface area (TPSA) is 38.9 Å². The molecule has 1 rings (SSSR count). The highest BCUT2D eigenvalue weighted by Crippen LogP contribution is 2.10. The van der Waals surface area contributed by atoms with E-state index in [2.05, 4.69) is 4.98 Å². The molecule has 0 bridgehead atoms. The van der Waals surface area contributed by atoms with Crippen molar-refractivity contribution in [1.82, 2.24) is 4.98 Å². The van der Waals surface area contributed by atoms with Crippen molar-refractivity contribution in [2.24, 2.45) is 5.73 Å². The van der Waals surface area contributed by atoms with Crippen molar-refractivity contribution in [3.05, 3.63) is 30.1 Å². The maximum absolute atomic E-state index is 5.54. The number of alkyl halides is 1. The lowest BCUT2D eigenvalue weighted by atomic mass is 10.3. The van der Waals surface area contributed by atoms with E-state index in [-0.39, 0.29) is 0 Å². The molecular formula is C6H7ClN2. The first-order valence-electron chi connectivity index (χ1n) is 2.60. The molecule has 9 heavy (non-hydrogen) atoms. The molecule has 1 aromatic heterocycles. The number of rotatable bonds is 1. The number of hydrogen-bond donors (Lipinski definition) is 1. The van der Waals surface area contributed by atoms with Gasteiger partial charge in [-0.15, -0.1) is 11.6 Å². The Morgan fingerprint density at radius 1 is 1.67 bits per heavy atom. The average molecular weight is 143 g/mol. The van der Waals surface area contributed by atoms with Crippen molar-refractivity contribution in [2.45, 2.75) is 5.50 Å². The monoisotopic (exact) mass is 142 g/mol. The molecule has 0 saturated carbocycles. The van der Waals surface area contributed by atoms with Gasteiger partial charge in [0.1, 0.15) is 5.50 Å². The molecular weight excluding hydrogens is 136 g/mol. The smallest absolute Gasteiger partial charge is 0.107 e. The van der Waals surface area contributed by atoms with Gasteiger partial charge >= 0.3 is 0 Å². The third-order valence-corrected chi connectivity index (χ3v) is 1.25. The van der Waals surface area contributed by atoms with Crippen molar-refractivity contribution in [1.29, 1.82) is 0 Å². The summed E-state index contributed by atoms with van der Waals surface area (Å²) >= 11 is 5.54. The van der Waals surface area contributed by atoms with Gasteiger partial charge in [-0.2, -0.15) is 0 Å². The van der Waals surface area contributed by atoms with Crippen molar-refractivity contribution in [3.63, 3.8) is 0 Å². The van der Waals surface area contributed by atoms with E-state index in [0.717, 1.165) is 5.56 Å². The van der Waals surface area contributed by atoms with E-state index in [4.69, 9.17) is 17.3 Å². The Morgan fingerprint density at radius 2 is 2.44 bits per heavy atom. The Morgan fingerprint density at radius 3 is 2.78 bits per heavy atom. The number of nitrogens with two attached hydrogens (primary N) is 1. The van der Waals surface area contributed by atoms with Crippen LogP contribution in [-0.4, -0.2) is 4.98 Å². The van der Waals surface area contributed by atoms with Crippen molar-refractivity contribution in [3.8, 4) is 0 Å². The molecule has 1 unspecified atom stereocenters. The predicted molar refractivity (Wildman–Crippen MR) is 37.0 cm³/mol. The van der Waals surface area contributed by atoms with Gasteiger partial charge in [0.05, 0.1) is 0 Å². The fourth-order valence-electron chi connectivity index (χ4n) is 0.539. The Kier molecular flexibility index (Phi) is 2.03. The van der Waals surface area contributed by atoms with Crippen molar-refractivity contribution in [2.75, 3.05) is 0 Å². The van der Waals surface area contributed by atoms with Crippen LogP contribution in [0.4, 0.5) is 0 Å². The van der Waals surface area contributed by atoms with Gasteiger partial charge < -0.3 is 5.73 Å². The first-order valence-corrected chi connectivity index (χ1v) is 3.04. The number of aromatic nitrogens is 1. The van der Waals surface area contributed by atoms with Gasteiger partial charge in [-0.05, 0) is 6.07 Å². The van der Waals surface area contributed by atoms with Gasteiger partial charge in [0.25, 0.3) is 0 Å². The van der Waals surface area contributed by atoms with Crippen LogP contribution < -0.4 is 5.73 Å². The molecule has 0 spiro atoms. The molecule has 0 amide bonds. The Bertz CT molecular complexity index is 174. The zero-order chi connectivity index (χ0) is 6.69. The summed E-state index contributed by atoms with van der Waals surface area (Å²) in [5.41, 5.74) is 5.75. The highest BCUT2D eigenvalue weighted by molar-refractivity contribution is 6.20. The highest BCUT2D eigenvalue weighted by Gasteiger charge is 1.97. The quantitative estimate of drug-likeness (QED) is 0.474. The fraction of sp³-hybridized carbons (Fsp3) is 0.167. The van der Waals surface area contributed by atoms with E-state index in [1.807, 2.05) is 6.07 Å². The van der Waals surface area contributed by atoms with Crippen LogP contribution in [0.3, 0.4) is 0 Å². The molecule has 1 atom stereocenters. The second-order valence-electron chi connectivity index (χ2n) is 1.69. The molecule has 48 valence electrons. The van der Waals surface area contributed by atoms with Crippen LogP contribution in [0.15, 0.2) is 24.5 Å². The first-order chi connectivity index (χ1) is 4.30. The Balaban J connectivity index is 2.85. The molecule has 1 aromatic rings. The average Bonchev–Trinajstić information content (AvgIpc) is 1.90. The van der Waals surface area contributed by atoms with Crippen LogP contribution in [0.1, 0.15) is 11.1 Å². The summed E-state index contributed by atoms with van der Waals surface area (Å²) in [6, 6.07) is 3.64. The minimum Gasteiger partial charge on any atom is -0.312 e. The summed E-state index contributed by atoms with van der Waals surface area (Å²) in [5.74, 6) is 0. The van der Waals surface area contributed by atoms with Gasteiger partial charge in [-0.1, -0.05) is 6.07 Å². The highest BCUT2D eigenvalue weighted by atomic mass is 35.5. The minimum atomic E-state index is -0.432. The van der Waals surface area contributed by atoms with Crippen LogP contribution in [-0.2, 0) is 0 Å².